The topological polar surface area (TPSA) is 34.2 Å². The molecule has 0 atom stereocenters. The minimum Gasteiger partial charge on any atom is -0.456 e. The highest BCUT2D eigenvalue weighted by Gasteiger charge is 2.04. The predicted molar refractivity (Wildman–Crippen MR) is 69.9 cm³/mol. The normalized spacial score (nSPS) is 10.2. The number of hydrogen-bond acceptors (Lipinski definition) is 3. The van der Waals surface area contributed by atoms with E-state index >= 15 is 0 Å². The average molecular weight is 267 g/mol. The van der Waals surface area contributed by atoms with Gasteiger partial charge in [-0.25, -0.2) is 4.39 Å². The molecular weight excluding hydrogens is 255 g/mol. The van der Waals surface area contributed by atoms with E-state index in [-0.39, 0.29) is 5.02 Å². The van der Waals surface area contributed by atoms with Gasteiger partial charge in [-0.2, -0.15) is 0 Å². The van der Waals surface area contributed by atoms with Crippen LogP contribution in [0.25, 0.3) is 0 Å². The number of hydrogen-bond donors (Lipinski definition) is 1. The van der Waals surface area contributed by atoms with Crippen LogP contribution < -0.4 is 10.1 Å². The van der Waals surface area contributed by atoms with Crippen molar-refractivity contribution in [3.8, 4) is 11.5 Å². The molecule has 1 heterocycles. The van der Waals surface area contributed by atoms with Gasteiger partial charge in [0, 0.05) is 18.7 Å². The van der Waals surface area contributed by atoms with Crippen LogP contribution in [0.3, 0.4) is 0 Å². The molecular formula is C13H12ClFN2O. The lowest BCUT2D eigenvalue weighted by atomic mass is 10.3. The zero-order valence-corrected chi connectivity index (χ0v) is 10.5. The minimum absolute atomic E-state index is 0.0712. The van der Waals surface area contributed by atoms with E-state index < -0.39 is 5.82 Å². The molecule has 3 nitrogen and oxygen atoms in total. The summed E-state index contributed by atoms with van der Waals surface area (Å²) >= 11 is 5.60. The lowest BCUT2D eigenvalue weighted by molar-refractivity contribution is 0.475. The smallest absolute Gasteiger partial charge is 0.147 e. The summed E-state index contributed by atoms with van der Waals surface area (Å²) in [5.41, 5.74) is 0.851. The van der Waals surface area contributed by atoms with Crippen LogP contribution in [0.2, 0.25) is 5.02 Å². The maximum atomic E-state index is 13.2. The zero-order chi connectivity index (χ0) is 13.0. The van der Waals surface area contributed by atoms with Gasteiger partial charge in [-0.15, -0.1) is 0 Å². The summed E-state index contributed by atoms with van der Waals surface area (Å²) < 4.78 is 18.7. The Labute approximate surface area is 110 Å². The van der Waals surface area contributed by atoms with Crippen molar-refractivity contribution in [2.24, 2.45) is 0 Å². The van der Waals surface area contributed by atoms with Gasteiger partial charge in [0.2, 0.25) is 0 Å². The molecule has 0 aliphatic heterocycles. The first-order valence-corrected chi connectivity index (χ1v) is 5.88. The highest BCUT2D eigenvalue weighted by molar-refractivity contribution is 6.30. The van der Waals surface area contributed by atoms with Crippen LogP contribution in [0.1, 0.15) is 6.92 Å². The molecule has 0 aliphatic carbocycles. The number of halogens is 2. The van der Waals surface area contributed by atoms with Gasteiger partial charge < -0.3 is 10.1 Å². The minimum atomic E-state index is -0.509. The molecule has 18 heavy (non-hydrogen) atoms. The molecule has 0 spiro atoms. The largest absolute Gasteiger partial charge is 0.456 e. The molecule has 2 aromatic rings. The summed E-state index contributed by atoms with van der Waals surface area (Å²) in [6, 6.07) is 6.09. The average Bonchev–Trinajstić information content (AvgIpc) is 2.35. The predicted octanol–water partition coefficient (Wildman–Crippen LogP) is 4.10. The molecule has 0 bridgehead atoms. The van der Waals surface area contributed by atoms with Gasteiger partial charge in [-0.3, -0.25) is 4.98 Å². The number of rotatable bonds is 4. The molecule has 0 saturated carbocycles. The van der Waals surface area contributed by atoms with Crippen LogP contribution in [0.4, 0.5) is 10.1 Å². The molecule has 2 rings (SSSR count). The fourth-order valence-electron chi connectivity index (χ4n) is 1.45. The highest BCUT2D eigenvalue weighted by atomic mass is 35.5. The third-order valence-electron chi connectivity index (χ3n) is 2.22. The molecule has 0 aliphatic rings. The van der Waals surface area contributed by atoms with Crippen molar-refractivity contribution in [2.45, 2.75) is 6.92 Å². The summed E-state index contributed by atoms with van der Waals surface area (Å²) in [5, 5.41) is 3.19. The lowest BCUT2D eigenvalue weighted by Gasteiger charge is -2.08. The Bertz CT molecular complexity index is 548. The quantitative estimate of drug-likeness (QED) is 0.905. The van der Waals surface area contributed by atoms with Gasteiger partial charge >= 0.3 is 0 Å². The number of aromatic nitrogens is 1. The van der Waals surface area contributed by atoms with Crippen molar-refractivity contribution >= 4 is 17.3 Å². The third-order valence-corrected chi connectivity index (χ3v) is 2.53. The molecule has 1 N–H and O–H groups in total. The molecule has 0 fully saturated rings. The molecule has 0 unspecified atom stereocenters. The first kappa shape index (κ1) is 12.6. The van der Waals surface area contributed by atoms with E-state index in [0.717, 1.165) is 12.2 Å². The van der Waals surface area contributed by atoms with Crippen LogP contribution in [0.5, 0.6) is 11.5 Å². The van der Waals surface area contributed by atoms with Crippen LogP contribution in [0, 0.1) is 5.82 Å². The number of pyridine rings is 1. The van der Waals surface area contributed by atoms with Crippen LogP contribution in [-0.4, -0.2) is 11.5 Å². The second-order valence-electron chi connectivity index (χ2n) is 3.62. The van der Waals surface area contributed by atoms with Crippen LogP contribution in [-0.2, 0) is 0 Å². The first-order valence-electron chi connectivity index (χ1n) is 5.51. The number of benzene rings is 1. The number of nitrogens with one attached hydrogen (secondary N) is 1. The lowest BCUT2D eigenvalue weighted by Crippen LogP contribution is -1.97. The summed E-state index contributed by atoms with van der Waals surface area (Å²) in [4.78, 5) is 4.03. The van der Waals surface area contributed by atoms with E-state index in [0.29, 0.717) is 11.5 Å². The SMILES string of the molecule is CCNc1cncc(Oc2ccc(Cl)c(F)c2)c1. The monoisotopic (exact) mass is 266 g/mol. The fourth-order valence-corrected chi connectivity index (χ4v) is 1.57. The highest BCUT2D eigenvalue weighted by Crippen LogP contribution is 2.26. The van der Waals surface area contributed by atoms with Gasteiger partial charge in [0.05, 0.1) is 23.1 Å². The van der Waals surface area contributed by atoms with E-state index in [2.05, 4.69) is 10.3 Å². The summed E-state index contributed by atoms with van der Waals surface area (Å²) in [7, 11) is 0. The summed E-state index contributed by atoms with van der Waals surface area (Å²) in [6.07, 6.45) is 3.26. The van der Waals surface area contributed by atoms with Crippen molar-refractivity contribution in [3.05, 3.63) is 47.5 Å². The van der Waals surface area contributed by atoms with Crippen LogP contribution >= 0.6 is 11.6 Å². The summed E-state index contributed by atoms with van der Waals surface area (Å²) in [5.74, 6) is 0.410. The Morgan fingerprint density at radius 1 is 1.28 bits per heavy atom. The Hall–Kier alpha value is -1.81. The maximum Gasteiger partial charge on any atom is 0.147 e. The van der Waals surface area contributed by atoms with Gasteiger partial charge in [-0.1, -0.05) is 11.6 Å². The first-order chi connectivity index (χ1) is 8.69. The van der Waals surface area contributed by atoms with Crippen molar-refractivity contribution in [1.29, 1.82) is 0 Å². The van der Waals surface area contributed by atoms with Crippen molar-refractivity contribution < 1.29 is 9.13 Å². The molecule has 0 amide bonds. The molecule has 0 radical (unpaired) electrons. The van der Waals surface area contributed by atoms with Crippen molar-refractivity contribution in [2.75, 3.05) is 11.9 Å². The zero-order valence-electron chi connectivity index (χ0n) is 9.78. The standard InChI is InChI=1S/C13H12ClFN2O/c1-2-17-9-5-11(8-16-7-9)18-10-3-4-12(14)13(15)6-10/h3-8,17H,2H2,1H3. The number of anilines is 1. The number of ether oxygens (including phenoxy) is 1. The van der Waals surface area contributed by atoms with E-state index in [9.17, 15) is 4.39 Å². The Morgan fingerprint density at radius 2 is 2.11 bits per heavy atom. The van der Waals surface area contributed by atoms with Gasteiger partial charge in [-0.05, 0) is 19.1 Å². The van der Waals surface area contributed by atoms with E-state index in [1.54, 1.807) is 24.5 Å². The Balaban J connectivity index is 2.17. The second kappa shape index (κ2) is 5.69. The number of nitrogens with zero attached hydrogens (tertiary/aromatic N) is 1. The molecule has 1 aromatic carbocycles. The van der Waals surface area contributed by atoms with Gasteiger partial charge in [0.1, 0.15) is 17.3 Å². The fraction of sp³-hybridized carbons (Fsp3) is 0.154. The van der Waals surface area contributed by atoms with Crippen LogP contribution in [0.15, 0.2) is 36.7 Å². The summed E-state index contributed by atoms with van der Waals surface area (Å²) in [6.45, 7) is 2.78. The van der Waals surface area contributed by atoms with Crippen molar-refractivity contribution in [3.63, 3.8) is 0 Å². The molecule has 0 saturated heterocycles. The van der Waals surface area contributed by atoms with E-state index in [1.165, 1.54) is 12.1 Å². The van der Waals surface area contributed by atoms with E-state index in [4.69, 9.17) is 16.3 Å². The van der Waals surface area contributed by atoms with Gasteiger partial charge in [0.15, 0.2) is 0 Å². The van der Waals surface area contributed by atoms with Gasteiger partial charge in [0.25, 0.3) is 0 Å². The molecule has 94 valence electrons. The third kappa shape index (κ3) is 3.11. The molecule has 1 aromatic heterocycles. The Morgan fingerprint density at radius 3 is 2.83 bits per heavy atom. The maximum absolute atomic E-state index is 13.2. The second-order valence-corrected chi connectivity index (χ2v) is 4.02. The van der Waals surface area contributed by atoms with E-state index in [1.807, 2.05) is 6.92 Å². The van der Waals surface area contributed by atoms with Crippen molar-refractivity contribution in [1.82, 2.24) is 4.98 Å². The molecule has 5 heteroatoms. The Kier molecular flexibility index (Phi) is 3.99.